The van der Waals surface area contributed by atoms with Crippen LogP contribution in [0.5, 0.6) is 0 Å². The molecule has 4 rings (SSSR count). The first-order valence-electron chi connectivity index (χ1n) is 9.16. The van der Waals surface area contributed by atoms with E-state index in [-0.39, 0.29) is 5.91 Å². The molecule has 2 aromatic rings. The zero-order chi connectivity index (χ0) is 19.5. The van der Waals surface area contributed by atoms with Gasteiger partial charge in [-0.1, -0.05) is 30.3 Å². The third-order valence-electron chi connectivity index (χ3n) is 4.88. The number of esters is 1. The highest BCUT2D eigenvalue weighted by Gasteiger charge is 2.35. The van der Waals surface area contributed by atoms with E-state index in [1.165, 1.54) is 7.11 Å². The van der Waals surface area contributed by atoms with Crippen molar-refractivity contribution in [2.45, 2.75) is 0 Å². The highest BCUT2D eigenvalue weighted by atomic mass is 16.5. The number of carbonyl (C=O) groups excluding carboxylic acids is 2. The SMILES string of the molecule is COC(=O)c1ccccc1N=C1C(=O)N(CN2CCOCC2)c2ccccc21. The second kappa shape index (κ2) is 7.92. The summed E-state index contributed by atoms with van der Waals surface area (Å²) in [6.07, 6.45) is 0. The number of ether oxygens (including phenoxy) is 2. The Balaban J connectivity index is 1.71. The normalized spacial score (nSPS) is 18.4. The highest BCUT2D eigenvalue weighted by molar-refractivity contribution is 6.54. The summed E-state index contributed by atoms with van der Waals surface area (Å²) in [5.41, 5.74) is 2.67. The molecule has 1 amide bonds. The fraction of sp³-hybridized carbons (Fsp3) is 0.286. The Hall–Kier alpha value is -3.03. The third kappa shape index (κ3) is 3.42. The Morgan fingerprint density at radius 3 is 2.61 bits per heavy atom. The first kappa shape index (κ1) is 18.3. The lowest BCUT2D eigenvalue weighted by molar-refractivity contribution is -0.112. The fourth-order valence-corrected chi connectivity index (χ4v) is 3.43. The van der Waals surface area contributed by atoms with Gasteiger partial charge in [0.2, 0.25) is 0 Å². The summed E-state index contributed by atoms with van der Waals surface area (Å²) >= 11 is 0. The van der Waals surface area contributed by atoms with E-state index in [2.05, 4.69) is 9.89 Å². The average molecular weight is 379 g/mol. The maximum Gasteiger partial charge on any atom is 0.340 e. The molecule has 7 nitrogen and oxygen atoms in total. The number of hydrogen-bond donors (Lipinski definition) is 0. The Kier molecular flexibility index (Phi) is 5.18. The summed E-state index contributed by atoms with van der Waals surface area (Å²) in [5, 5.41) is 0. The minimum absolute atomic E-state index is 0.174. The topological polar surface area (TPSA) is 71.4 Å². The van der Waals surface area contributed by atoms with Crippen molar-refractivity contribution in [3.63, 3.8) is 0 Å². The van der Waals surface area contributed by atoms with E-state index in [1.807, 2.05) is 24.3 Å². The van der Waals surface area contributed by atoms with Gasteiger partial charge in [-0.05, 0) is 18.2 Å². The number of carbonyl (C=O) groups is 2. The van der Waals surface area contributed by atoms with Crippen molar-refractivity contribution in [3.8, 4) is 0 Å². The van der Waals surface area contributed by atoms with Crippen molar-refractivity contribution in [3.05, 3.63) is 59.7 Å². The number of amides is 1. The van der Waals surface area contributed by atoms with Crippen molar-refractivity contribution in [1.29, 1.82) is 0 Å². The zero-order valence-corrected chi connectivity index (χ0v) is 15.6. The van der Waals surface area contributed by atoms with Crippen LogP contribution in [-0.2, 0) is 14.3 Å². The number of benzene rings is 2. The minimum atomic E-state index is -0.483. The van der Waals surface area contributed by atoms with Crippen molar-refractivity contribution < 1.29 is 19.1 Å². The van der Waals surface area contributed by atoms with Gasteiger partial charge in [0.25, 0.3) is 5.91 Å². The Bertz CT molecular complexity index is 935. The fourth-order valence-electron chi connectivity index (χ4n) is 3.43. The van der Waals surface area contributed by atoms with Crippen LogP contribution >= 0.6 is 0 Å². The molecule has 0 unspecified atom stereocenters. The van der Waals surface area contributed by atoms with Crippen molar-refractivity contribution in [2.75, 3.05) is 45.0 Å². The van der Waals surface area contributed by atoms with Gasteiger partial charge in [0.1, 0.15) is 5.71 Å². The van der Waals surface area contributed by atoms with Crippen molar-refractivity contribution in [1.82, 2.24) is 4.90 Å². The molecule has 144 valence electrons. The smallest absolute Gasteiger partial charge is 0.340 e. The molecule has 1 saturated heterocycles. The molecule has 2 aliphatic rings. The molecule has 0 atom stereocenters. The first-order chi connectivity index (χ1) is 13.7. The van der Waals surface area contributed by atoms with Gasteiger partial charge in [0, 0.05) is 18.7 Å². The molecule has 7 heteroatoms. The van der Waals surface area contributed by atoms with Gasteiger partial charge in [-0.25, -0.2) is 9.79 Å². The second-order valence-corrected chi connectivity index (χ2v) is 6.59. The second-order valence-electron chi connectivity index (χ2n) is 6.59. The summed E-state index contributed by atoms with van der Waals surface area (Å²) in [6.45, 7) is 3.37. The van der Waals surface area contributed by atoms with E-state index in [0.717, 1.165) is 24.3 Å². The molecule has 0 bridgehead atoms. The monoisotopic (exact) mass is 379 g/mol. The molecule has 0 aromatic heterocycles. The minimum Gasteiger partial charge on any atom is -0.465 e. The summed E-state index contributed by atoms with van der Waals surface area (Å²) < 4.78 is 10.2. The molecule has 0 radical (unpaired) electrons. The van der Waals surface area contributed by atoms with E-state index in [4.69, 9.17) is 9.47 Å². The third-order valence-corrected chi connectivity index (χ3v) is 4.88. The number of nitrogens with zero attached hydrogens (tertiary/aromatic N) is 3. The van der Waals surface area contributed by atoms with Crippen LogP contribution in [0.15, 0.2) is 53.5 Å². The number of para-hydroxylation sites is 2. The average Bonchev–Trinajstić information content (AvgIpc) is 3.00. The number of aliphatic imine (C=N–C) groups is 1. The van der Waals surface area contributed by atoms with E-state index in [9.17, 15) is 9.59 Å². The van der Waals surface area contributed by atoms with Crippen LogP contribution in [0.3, 0.4) is 0 Å². The Morgan fingerprint density at radius 1 is 1.11 bits per heavy atom. The number of anilines is 1. The molecule has 0 N–H and O–H groups in total. The molecule has 1 fully saturated rings. The van der Waals surface area contributed by atoms with Crippen LogP contribution in [0.4, 0.5) is 11.4 Å². The molecule has 28 heavy (non-hydrogen) atoms. The van der Waals surface area contributed by atoms with Crippen LogP contribution in [0.2, 0.25) is 0 Å². The summed E-state index contributed by atoms with van der Waals surface area (Å²) in [6, 6.07) is 14.5. The number of morpholine rings is 1. The van der Waals surface area contributed by atoms with E-state index < -0.39 is 5.97 Å². The number of fused-ring (bicyclic) bond motifs is 1. The van der Waals surface area contributed by atoms with Crippen molar-refractivity contribution >= 4 is 29.0 Å². The van der Waals surface area contributed by atoms with Crippen LogP contribution in [0, 0.1) is 0 Å². The molecular formula is C21H21N3O4. The maximum atomic E-state index is 13.2. The quantitative estimate of drug-likeness (QED) is 0.762. The molecule has 0 saturated carbocycles. The highest BCUT2D eigenvalue weighted by Crippen LogP contribution is 2.32. The molecule has 2 aromatic carbocycles. The number of methoxy groups -OCH3 is 1. The molecule has 2 heterocycles. The van der Waals surface area contributed by atoms with E-state index in [0.29, 0.717) is 36.8 Å². The molecule has 2 aliphatic heterocycles. The van der Waals surface area contributed by atoms with Gasteiger partial charge < -0.3 is 9.47 Å². The Morgan fingerprint density at radius 2 is 1.82 bits per heavy atom. The van der Waals surface area contributed by atoms with Crippen LogP contribution in [-0.4, -0.2) is 62.6 Å². The van der Waals surface area contributed by atoms with Gasteiger partial charge >= 0.3 is 5.97 Å². The van der Waals surface area contributed by atoms with Gasteiger partial charge in [-0.3, -0.25) is 14.6 Å². The van der Waals surface area contributed by atoms with Crippen LogP contribution in [0.1, 0.15) is 15.9 Å². The molecular weight excluding hydrogens is 358 g/mol. The summed E-state index contributed by atoms with van der Waals surface area (Å²) in [4.78, 5) is 33.8. The van der Waals surface area contributed by atoms with Crippen LogP contribution in [0.25, 0.3) is 0 Å². The number of hydrogen-bond acceptors (Lipinski definition) is 6. The van der Waals surface area contributed by atoms with E-state index in [1.54, 1.807) is 29.2 Å². The zero-order valence-electron chi connectivity index (χ0n) is 15.6. The van der Waals surface area contributed by atoms with Gasteiger partial charge in [0.15, 0.2) is 0 Å². The number of rotatable bonds is 4. The van der Waals surface area contributed by atoms with E-state index >= 15 is 0 Å². The standard InChI is InChI=1S/C21H21N3O4/c1-27-21(26)15-6-2-4-8-17(15)22-19-16-7-3-5-9-18(16)24(20(19)25)14-23-10-12-28-13-11-23/h2-9H,10-14H2,1H3. The van der Waals surface area contributed by atoms with Crippen LogP contribution < -0.4 is 4.90 Å². The molecule has 0 spiro atoms. The first-order valence-corrected chi connectivity index (χ1v) is 9.16. The lowest BCUT2D eigenvalue weighted by Gasteiger charge is -2.30. The molecule has 0 aliphatic carbocycles. The Labute approximate surface area is 163 Å². The predicted octanol–water partition coefficient (Wildman–Crippen LogP) is 2.23. The lowest BCUT2D eigenvalue weighted by Crippen LogP contribution is -2.45. The van der Waals surface area contributed by atoms with Gasteiger partial charge in [-0.15, -0.1) is 0 Å². The van der Waals surface area contributed by atoms with Gasteiger partial charge in [-0.2, -0.15) is 0 Å². The lowest BCUT2D eigenvalue weighted by atomic mass is 10.1. The largest absolute Gasteiger partial charge is 0.465 e. The summed E-state index contributed by atoms with van der Waals surface area (Å²) in [5.74, 6) is -0.656. The van der Waals surface area contributed by atoms with Crippen molar-refractivity contribution in [2.24, 2.45) is 4.99 Å². The maximum absolute atomic E-state index is 13.2. The van der Waals surface area contributed by atoms with Gasteiger partial charge in [0.05, 0.1) is 43.9 Å². The summed E-state index contributed by atoms with van der Waals surface area (Å²) in [7, 11) is 1.33. The predicted molar refractivity (Wildman–Crippen MR) is 105 cm³/mol.